The largest absolute Gasteiger partial charge is 0.306 e. The maximum Gasteiger partial charge on any atom is 0.0603 e. The topological polar surface area (TPSA) is 18.8 Å². The van der Waals surface area contributed by atoms with Crippen LogP contribution in [0.1, 0.15) is 59.3 Å². The molecule has 3 heteroatoms. The molecule has 0 aromatic carbocycles. The number of nitrogens with zero attached hydrogens (tertiary/aromatic N) is 3. The Bertz CT molecular complexity index is 335. The standard InChI is InChI=1S/C7H15N.C6H9N.C6H13N/c1-2-8-6-4-3-5-7-8;1-5-3-6(2)7-4-5;1-7-5-3-2-4-6-7/h2-7H2,1H3;3H,4H2,1-2H3;2-6H2,1H3. The smallest absolute Gasteiger partial charge is 0.0603 e. The summed E-state index contributed by atoms with van der Waals surface area (Å²) in [5.41, 5.74) is 2.54. The Hall–Kier alpha value is -0.670. The van der Waals surface area contributed by atoms with Gasteiger partial charge in [-0.3, -0.25) is 4.99 Å². The first-order valence-electron chi connectivity index (χ1n) is 9.21. The normalized spacial score (nSPS) is 22.7. The summed E-state index contributed by atoms with van der Waals surface area (Å²) in [7, 11) is 2.19. The van der Waals surface area contributed by atoms with Crippen LogP contribution in [0, 0.1) is 0 Å². The number of allylic oxidation sites excluding steroid dienone is 1. The molecular formula is C19H37N3. The van der Waals surface area contributed by atoms with Gasteiger partial charge in [0.15, 0.2) is 0 Å². The fourth-order valence-electron chi connectivity index (χ4n) is 3.02. The average Bonchev–Trinajstić information content (AvgIpc) is 2.93. The Labute approximate surface area is 138 Å². The lowest BCUT2D eigenvalue weighted by atomic mass is 10.1. The van der Waals surface area contributed by atoms with E-state index in [4.69, 9.17) is 0 Å². The predicted molar refractivity (Wildman–Crippen MR) is 99.0 cm³/mol. The summed E-state index contributed by atoms with van der Waals surface area (Å²) in [5, 5.41) is 0. The molecule has 0 aliphatic carbocycles. The molecule has 0 unspecified atom stereocenters. The zero-order valence-electron chi connectivity index (χ0n) is 15.4. The lowest BCUT2D eigenvalue weighted by Gasteiger charge is -2.24. The van der Waals surface area contributed by atoms with Crippen molar-refractivity contribution in [3.05, 3.63) is 11.6 Å². The van der Waals surface area contributed by atoms with Crippen molar-refractivity contribution in [3.8, 4) is 0 Å². The van der Waals surface area contributed by atoms with Gasteiger partial charge in [-0.25, -0.2) is 0 Å². The molecule has 0 saturated carbocycles. The number of hydrogen-bond donors (Lipinski definition) is 0. The van der Waals surface area contributed by atoms with Gasteiger partial charge >= 0.3 is 0 Å². The predicted octanol–water partition coefficient (Wildman–Crippen LogP) is 4.00. The quantitative estimate of drug-likeness (QED) is 0.729. The van der Waals surface area contributed by atoms with Crippen molar-refractivity contribution < 1.29 is 0 Å². The van der Waals surface area contributed by atoms with Crippen molar-refractivity contribution in [1.82, 2.24) is 9.80 Å². The zero-order valence-corrected chi connectivity index (χ0v) is 15.4. The highest BCUT2D eigenvalue weighted by Crippen LogP contribution is 2.07. The summed E-state index contributed by atoms with van der Waals surface area (Å²) in [5.74, 6) is 0. The highest BCUT2D eigenvalue weighted by atomic mass is 15.1. The van der Waals surface area contributed by atoms with Gasteiger partial charge in [0.05, 0.1) is 6.54 Å². The molecule has 3 heterocycles. The zero-order chi connectivity index (χ0) is 16.2. The molecule has 0 amide bonds. The van der Waals surface area contributed by atoms with Gasteiger partial charge in [0, 0.05) is 5.71 Å². The number of piperidine rings is 2. The molecular weight excluding hydrogens is 270 g/mol. The SMILES string of the molecule is CC1=CC(C)=NC1.CCN1CCCCC1.CN1CCCCC1. The van der Waals surface area contributed by atoms with Crippen molar-refractivity contribution in [1.29, 1.82) is 0 Å². The van der Waals surface area contributed by atoms with Crippen LogP contribution in [0.25, 0.3) is 0 Å². The fraction of sp³-hybridized carbons (Fsp3) is 0.842. The molecule has 0 bridgehead atoms. The molecule has 0 radical (unpaired) electrons. The molecule has 2 saturated heterocycles. The van der Waals surface area contributed by atoms with E-state index in [2.05, 4.69) is 41.8 Å². The van der Waals surface area contributed by atoms with Crippen LogP contribution < -0.4 is 0 Å². The Morgan fingerprint density at radius 2 is 1.45 bits per heavy atom. The van der Waals surface area contributed by atoms with Crippen LogP contribution in [0.5, 0.6) is 0 Å². The van der Waals surface area contributed by atoms with E-state index in [1.54, 1.807) is 0 Å². The first kappa shape index (κ1) is 19.4. The highest BCUT2D eigenvalue weighted by molar-refractivity contribution is 5.95. The van der Waals surface area contributed by atoms with E-state index in [0.717, 1.165) is 12.3 Å². The van der Waals surface area contributed by atoms with Gasteiger partial charge in [-0.2, -0.15) is 0 Å². The lowest BCUT2D eigenvalue weighted by molar-refractivity contribution is 0.240. The van der Waals surface area contributed by atoms with Crippen LogP contribution in [0.4, 0.5) is 0 Å². The molecule has 0 aromatic heterocycles. The Balaban J connectivity index is 0.000000166. The van der Waals surface area contributed by atoms with Gasteiger partial charge < -0.3 is 9.80 Å². The first-order valence-corrected chi connectivity index (χ1v) is 9.21. The molecule has 22 heavy (non-hydrogen) atoms. The van der Waals surface area contributed by atoms with E-state index in [1.807, 2.05) is 6.92 Å². The third-order valence-electron chi connectivity index (χ3n) is 4.51. The first-order chi connectivity index (χ1) is 10.6. The minimum absolute atomic E-state index is 0.922. The summed E-state index contributed by atoms with van der Waals surface area (Å²) in [6.07, 6.45) is 10.7. The van der Waals surface area contributed by atoms with Gasteiger partial charge in [-0.15, -0.1) is 0 Å². The van der Waals surface area contributed by atoms with Crippen LogP contribution >= 0.6 is 0 Å². The van der Waals surface area contributed by atoms with Gasteiger partial charge in [0.1, 0.15) is 0 Å². The Kier molecular flexibility index (Phi) is 10.4. The van der Waals surface area contributed by atoms with Gasteiger partial charge in [-0.05, 0) is 85.4 Å². The van der Waals surface area contributed by atoms with E-state index in [0.29, 0.717) is 0 Å². The molecule has 3 rings (SSSR count). The van der Waals surface area contributed by atoms with Crippen LogP contribution in [-0.4, -0.2) is 61.8 Å². The molecule has 3 aliphatic heterocycles. The number of hydrogen-bond acceptors (Lipinski definition) is 3. The third kappa shape index (κ3) is 9.37. The maximum absolute atomic E-state index is 4.14. The second-order valence-corrected chi connectivity index (χ2v) is 6.81. The summed E-state index contributed by atoms with van der Waals surface area (Å²) < 4.78 is 0. The van der Waals surface area contributed by atoms with E-state index < -0.39 is 0 Å². The summed E-state index contributed by atoms with van der Waals surface area (Å²) in [4.78, 5) is 9.05. The Morgan fingerprint density at radius 1 is 0.909 bits per heavy atom. The van der Waals surface area contributed by atoms with Crippen LogP contribution in [0.2, 0.25) is 0 Å². The molecule has 128 valence electrons. The van der Waals surface area contributed by atoms with Gasteiger partial charge in [0.25, 0.3) is 0 Å². The molecule has 3 aliphatic rings. The lowest BCUT2D eigenvalue weighted by Crippen LogP contribution is -2.29. The van der Waals surface area contributed by atoms with E-state index in [-0.39, 0.29) is 0 Å². The van der Waals surface area contributed by atoms with E-state index >= 15 is 0 Å². The molecule has 3 nitrogen and oxygen atoms in total. The maximum atomic E-state index is 4.14. The van der Waals surface area contributed by atoms with Gasteiger partial charge in [-0.1, -0.05) is 25.3 Å². The number of likely N-dealkylation sites (tertiary alicyclic amines) is 2. The molecule has 0 spiro atoms. The van der Waals surface area contributed by atoms with Crippen molar-refractivity contribution in [2.24, 2.45) is 4.99 Å². The van der Waals surface area contributed by atoms with Gasteiger partial charge in [0.2, 0.25) is 0 Å². The average molecular weight is 308 g/mol. The second-order valence-electron chi connectivity index (χ2n) is 6.81. The minimum Gasteiger partial charge on any atom is -0.306 e. The van der Waals surface area contributed by atoms with Crippen molar-refractivity contribution in [3.63, 3.8) is 0 Å². The third-order valence-corrected chi connectivity index (χ3v) is 4.51. The van der Waals surface area contributed by atoms with Crippen LogP contribution in [0.15, 0.2) is 16.6 Å². The molecule has 0 N–H and O–H groups in total. The van der Waals surface area contributed by atoms with Crippen molar-refractivity contribution >= 4 is 5.71 Å². The second kappa shape index (κ2) is 11.8. The van der Waals surface area contributed by atoms with Crippen molar-refractivity contribution in [2.75, 3.05) is 46.3 Å². The number of rotatable bonds is 1. The highest BCUT2D eigenvalue weighted by Gasteiger charge is 2.05. The number of aliphatic imine (C=N–C) groups is 1. The molecule has 0 atom stereocenters. The van der Waals surface area contributed by atoms with E-state index in [9.17, 15) is 0 Å². The van der Waals surface area contributed by atoms with Crippen LogP contribution in [-0.2, 0) is 0 Å². The summed E-state index contributed by atoms with van der Waals surface area (Å²) >= 11 is 0. The molecule has 2 fully saturated rings. The monoisotopic (exact) mass is 307 g/mol. The van der Waals surface area contributed by atoms with E-state index in [1.165, 1.54) is 76.8 Å². The summed E-state index contributed by atoms with van der Waals surface area (Å²) in [6.45, 7) is 13.9. The summed E-state index contributed by atoms with van der Waals surface area (Å²) in [6, 6.07) is 0. The minimum atomic E-state index is 0.922. The van der Waals surface area contributed by atoms with Crippen molar-refractivity contribution in [2.45, 2.75) is 59.3 Å². The fourth-order valence-corrected chi connectivity index (χ4v) is 3.02. The molecule has 0 aromatic rings. The van der Waals surface area contributed by atoms with Crippen LogP contribution in [0.3, 0.4) is 0 Å². The Morgan fingerprint density at radius 3 is 1.68 bits per heavy atom.